The minimum Gasteiger partial charge on any atom is -0.497 e. The monoisotopic (exact) mass is 514 g/mol. The smallest absolute Gasteiger partial charge is 0.390 e. The lowest BCUT2D eigenvalue weighted by Crippen LogP contribution is -2.26. The molecular formula is C23H23ClF4N4O3. The summed E-state index contributed by atoms with van der Waals surface area (Å²) in [7, 11) is 3.06. The molecule has 3 aromatic rings. The van der Waals surface area contributed by atoms with Crippen molar-refractivity contribution in [1.82, 2.24) is 15.1 Å². The zero-order chi connectivity index (χ0) is 25.6. The van der Waals surface area contributed by atoms with E-state index in [-0.39, 0.29) is 31.0 Å². The highest BCUT2D eigenvalue weighted by Gasteiger charge is 2.26. The molecule has 0 atom stereocenters. The Hall–Kier alpha value is -3.31. The van der Waals surface area contributed by atoms with Gasteiger partial charge in [-0.2, -0.15) is 18.3 Å². The van der Waals surface area contributed by atoms with Gasteiger partial charge in [-0.1, -0.05) is 11.6 Å². The van der Waals surface area contributed by atoms with Gasteiger partial charge in [-0.15, -0.1) is 0 Å². The van der Waals surface area contributed by atoms with Gasteiger partial charge in [0.05, 0.1) is 36.0 Å². The van der Waals surface area contributed by atoms with Crippen molar-refractivity contribution in [3.8, 4) is 22.8 Å². The second-order valence-corrected chi connectivity index (χ2v) is 7.85. The van der Waals surface area contributed by atoms with Crippen molar-refractivity contribution in [3.05, 3.63) is 59.0 Å². The van der Waals surface area contributed by atoms with E-state index in [9.17, 15) is 22.4 Å². The average Bonchev–Trinajstić information content (AvgIpc) is 3.13. The number of methoxy groups -OCH3 is 1. The zero-order valence-electron chi connectivity index (χ0n) is 18.9. The van der Waals surface area contributed by atoms with E-state index in [4.69, 9.17) is 21.1 Å². The first kappa shape index (κ1) is 26.3. The average molecular weight is 515 g/mol. The van der Waals surface area contributed by atoms with Gasteiger partial charge in [-0.3, -0.25) is 9.48 Å². The highest BCUT2D eigenvalue weighted by atomic mass is 35.5. The number of anilines is 1. The summed E-state index contributed by atoms with van der Waals surface area (Å²) in [5.41, 5.74) is 1.15. The first-order chi connectivity index (χ1) is 16.6. The second-order valence-electron chi connectivity index (χ2n) is 7.44. The normalized spacial score (nSPS) is 11.4. The third-order valence-corrected chi connectivity index (χ3v) is 5.21. The molecule has 0 saturated carbocycles. The first-order valence-corrected chi connectivity index (χ1v) is 10.8. The van der Waals surface area contributed by atoms with Crippen molar-refractivity contribution in [2.75, 3.05) is 32.1 Å². The molecule has 0 radical (unpaired) electrons. The molecule has 35 heavy (non-hydrogen) atoms. The number of nitrogens with zero attached hydrogens (tertiary/aromatic N) is 2. The van der Waals surface area contributed by atoms with E-state index < -0.39 is 24.3 Å². The fourth-order valence-corrected chi connectivity index (χ4v) is 3.49. The van der Waals surface area contributed by atoms with Crippen LogP contribution >= 0.6 is 11.6 Å². The van der Waals surface area contributed by atoms with Crippen LogP contribution in [0.2, 0.25) is 5.02 Å². The van der Waals surface area contributed by atoms with E-state index in [1.165, 1.54) is 30.1 Å². The van der Waals surface area contributed by atoms with Crippen LogP contribution in [0.3, 0.4) is 0 Å². The predicted molar refractivity (Wildman–Crippen MR) is 124 cm³/mol. The lowest BCUT2D eigenvalue weighted by molar-refractivity contribution is -0.133. The van der Waals surface area contributed by atoms with Crippen molar-refractivity contribution in [2.24, 2.45) is 7.05 Å². The maximum atomic E-state index is 14.3. The number of aromatic nitrogens is 2. The first-order valence-electron chi connectivity index (χ1n) is 10.5. The molecule has 0 saturated heterocycles. The Morgan fingerprint density at radius 1 is 1.17 bits per heavy atom. The maximum Gasteiger partial charge on any atom is 0.390 e. The summed E-state index contributed by atoms with van der Waals surface area (Å²) in [6.45, 7) is 0.0487. The van der Waals surface area contributed by atoms with Crippen LogP contribution in [-0.4, -0.2) is 48.7 Å². The number of hydrogen-bond donors (Lipinski definition) is 2. The van der Waals surface area contributed by atoms with Crippen molar-refractivity contribution in [2.45, 2.75) is 12.6 Å². The third kappa shape index (κ3) is 7.09. The number of alkyl halides is 3. The van der Waals surface area contributed by atoms with E-state index in [1.807, 2.05) is 0 Å². The van der Waals surface area contributed by atoms with E-state index >= 15 is 0 Å². The summed E-state index contributed by atoms with van der Waals surface area (Å²) < 4.78 is 63.3. The molecule has 0 spiro atoms. The summed E-state index contributed by atoms with van der Waals surface area (Å²) >= 11 is 6.29. The van der Waals surface area contributed by atoms with Gasteiger partial charge in [-0.25, -0.2) is 4.39 Å². The topological polar surface area (TPSA) is 77.4 Å². The van der Waals surface area contributed by atoms with Crippen molar-refractivity contribution in [1.29, 1.82) is 0 Å². The minimum atomic E-state index is -4.23. The Kier molecular flexibility index (Phi) is 8.57. The summed E-state index contributed by atoms with van der Waals surface area (Å²) in [4.78, 5) is 12.6. The Balaban J connectivity index is 1.77. The minimum absolute atomic E-state index is 0.0864. The highest BCUT2D eigenvalue weighted by Crippen LogP contribution is 2.36. The van der Waals surface area contributed by atoms with Crippen LogP contribution in [0.1, 0.15) is 16.8 Å². The van der Waals surface area contributed by atoms with Gasteiger partial charge < -0.3 is 20.1 Å². The number of benzene rings is 2. The quantitative estimate of drug-likeness (QED) is 0.292. The Bertz CT molecular complexity index is 1160. The molecule has 1 heterocycles. The number of amides is 1. The van der Waals surface area contributed by atoms with E-state index in [0.29, 0.717) is 27.7 Å². The predicted octanol–water partition coefficient (Wildman–Crippen LogP) is 5.06. The summed E-state index contributed by atoms with van der Waals surface area (Å²) in [6.07, 6.45) is -3.73. The molecule has 12 heteroatoms. The van der Waals surface area contributed by atoms with Crippen LogP contribution in [0.4, 0.5) is 23.2 Å². The molecule has 2 aromatic carbocycles. The van der Waals surface area contributed by atoms with Gasteiger partial charge in [0.25, 0.3) is 5.91 Å². The summed E-state index contributed by atoms with van der Waals surface area (Å²) in [5.74, 6) is -0.757. The number of ether oxygens (including phenoxy) is 2. The lowest BCUT2D eigenvalue weighted by Gasteiger charge is -2.15. The molecule has 1 amide bonds. The molecule has 188 valence electrons. The van der Waals surface area contributed by atoms with E-state index in [2.05, 4.69) is 15.7 Å². The number of carbonyl (C=O) groups excluding carboxylic acids is 1. The van der Waals surface area contributed by atoms with Crippen LogP contribution in [0.15, 0.2) is 42.6 Å². The largest absolute Gasteiger partial charge is 0.497 e. The SMILES string of the molecule is COc1ccc(C(=O)Nc2ccc(OCCNCCC(F)(F)F)c(-c3c(Cl)cnn3C)c2)c(F)c1. The highest BCUT2D eigenvalue weighted by molar-refractivity contribution is 6.33. The fraction of sp³-hybridized carbons (Fsp3) is 0.304. The molecule has 0 aliphatic heterocycles. The maximum absolute atomic E-state index is 14.3. The van der Waals surface area contributed by atoms with Crippen molar-refractivity contribution < 1.29 is 31.8 Å². The van der Waals surface area contributed by atoms with Gasteiger partial charge in [0, 0.05) is 37.5 Å². The van der Waals surface area contributed by atoms with Crippen LogP contribution in [0.25, 0.3) is 11.3 Å². The number of rotatable bonds is 10. The number of nitrogens with one attached hydrogen (secondary N) is 2. The van der Waals surface area contributed by atoms with Gasteiger partial charge >= 0.3 is 6.18 Å². The number of halogens is 5. The number of hydrogen-bond acceptors (Lipinski definition) is 5. The molecule has 2 N–H and O–H groups in total. The standard InChI is InChI=1S/C23H23ClF4N4O3/c1-32-21(18(24)13-30-32)17-11-14(31-22(33)16-5-4-15(34-2)12-19(16)25)3-6-20(17)35-10-9-29-8-7-23(26,27)28/h3-6,11-13,29H,7-10H2,1-2H3,(H,31,33). The zero-order valence-corrected chi connectivity index (χ0v) is 19.6. The number of aryl methyl sites for hydroxylation is 1. The second kappa shape index (κ2) is 11.4. The summed E-state index contributed by atoms with van der Waals surface area (Å²) in [6, 6.07) is 8.61. The molecule has 0 aliphatic carbocycles. The van der Waals surface area contributed by atoms with Crippen molar-refractivity contribution in [3.63, 3.8) is 0 Å². The molecule has 3 rings (SSSR count). The third-order valence-electron chi connectivity index (χ3n) is 4.93. The van der Waals surface area contributed by atoms with Gasteiger partial charge in [-0.05, 0) is 30.3 Å². The van der Waals surface area contributed by atoms with Gasteiger partial charge in [0.2, 0.25) is 0 Å². The molecule has 7 nitrogen and oxygen atoms in total. The molecular weight excluding hydrogens is 492 g/mol. The molecule has 0 aliphatic rings. The lowest BCUT2D eigenvalue weighted by atomic mass is 10.1. The van der Waals surface area contributed by atoms with E-state index in [0.717, 1.165) is 6.07 Å². The number of carbonyl (C=O) groups is 1. The van der Waals surface area contributed by atoms with Gasteiger partial charge in [0.1, 0.15) is 23.9 Å². The molecule has 0 unspecified atom stereocenters. The van der Waals surface area contributed by atoms with Crippen LogP contribution in [0.5, 0.6) is 11.5 Å². The molecule has 0 bridgehead atoms. The fourth-order valence-electron chi connectivity index (χ4n) is 3.23. The summed E-state index contributed by atoms with van der Waals surface area (Å²) in [5, 5.41) is 9.73. The Morgan fingerprint density at radius 2 is 1.94 bits per heavy atom. The van der Waals surface area contributed by atoms with Crippen LogP contribution < -0.4 is 20.1 Å². The molecule has 1 aromatic heterocycles. The van der Waals surface area contributed by atoms with Crippen LogP contribution in [-0.2, 0) is 7.05 Å². The van der Waals surface area contributed by atoms with Crippen molar-refractivity contribution >= 4 is 23.2 Å². The Labute approximate surface area is 204 Å². The van der Waals surface area contributed by atoms with Crippen LogP contribution in [0, 0.1) is 5.82 Å². The van der Waals surface area contributed by atoms with E-state index in [1.54, 1.807) is 25.2 Å². The van der Waals surface area contributed by atoms with Gasteiger partial charge in [0.15, 0.2) is 0 Å². The Morgan fingerprint density at radius 3 is 2.57 bits per heavy atom. The molecule has 0 fully saturated rings.